The molecule has 0 radical (unpaired) electrons. The van der Waals surface area contributed by atoms with Crippen LogP contribution in [0.15, 0.2) is 72.8 Å². The van der Waals surface area contributed by atoms with E-state index < -0.39 is 24.0 Å². The predicted molar refractivity (Wildman–Crippen MR) is 123 cm³/mol. The molecule has 3 aromatic carbocycles. The van der Waals surface area contributed by atoms with Gasteiger partial charge in [0, 0.05) is 12.1 Å². The number of methoxy groups -OCH3 is 1. The molecule has 0 aliphatic carbocycles. The first-order chi connectivity index (χ1) is 15.9. The minimum Gasteiger partial charge on any atom is -0.497 e. The quantitative estimate of drug-likeness (QED) is 0.452. The summed E-state index contributed by atoms with van der Waals surface area (Å²) in [4.78, 5) is 36.1. The van der Waals surface area contributed by atoms with Crippen molar-refractivity contribution in [1.29, 1.82) is 0 Å². The van der Waals surface area contributed by atoms with Gasteiger partial charge in [0.15, 0.2) is 0 Å². The Kier molecular flexibility index (Phi) is 7.88. The molecule has 3 rings (SSSR count). The third-order valence-corrected chi connectivity index (χ3v) is 4.96. The number of benzene rings is 3. The first kappa shape index (κ1) is 23.6. The van der Waals surface area contributed by atoms with Crippen molar-refractivity contribution in [2.45, 2.75) is 12.5 Å². The van der Waals surface area contributed by atoms with Gasteiger partial charge in [-0.25, -0.2) is 9.59 Å². The van der Waals surface area contributed by atoms with Crippen LogP contribution >= 0.6 is 11.6 Å². The number of anilines is 1. The van der Waals surface area contributed by atoms with E-state index in [4.69, 9.17) is 21.1 Å². The fourth-order valence-corrected chi connectivity index (χ4v) is 3.16. The molecular formula is C24H21ClN2O6. The highest BCUT2D eigenvalue weighted by Gasteiger charge is 2.22. The first-order valence-corrected chi connectivity index (χ1v) is 10.2. The van der Waals surface area contributed by atoms with E-state index in [1.807, 2.05) is 0 Å². The van der Waals surface area contributed by atoms with Gasteiger partial charge in [-0.1, -0.05) is 35.9 Å². The zero-order valence-electron chi connectivity index (χ0n) is 17.6. The van der Waals surface area contributed by atoms with Gasteiger partial charge in [0.05, 0.1) is 17.7 Å². The van der Waals surface area contributed by atoms with Crippen LogP contribution in [0, 0.1) is 0 Å². The molecule has 33 heavy (non-hydrogen) atoms. The summed E-state index contributed by atoms with van der Waals surface area (Å²) in [7, 11) is 1.55. The Morgan fingerprint density at radius 2 is 1.58 bits per heavy atom. The van der Waals surface area contributed by atoms with Crippen molar-refractivity contribution >= 4 is 35.3 Å². The number of amides is 2. The van der Waals surface area contributed by atoms with Gasteiger partial charge in [-0.15, -0.1) is 0 Å². The predicted octanol–water partition coefficient (Wildman–Crippen LogP) is 4.39. The van der Waals surface area contributed by atoms with Crippen molar-refractivity contribution in [3.05, 3.63) is 88.9 Å². The maximum absolute atomic E-state index is 12.4. The summed E-state index contributed by atoms with van der Waals surface area (Å²) in [5.41, 5.74) is 1.36. The summed E-state index contributed by atoms with van der Waals surface area (Å²) in [6, 6.07) is 18.3. The maximum Gasteiger partial charge on any atom is 0.417 e. The molecule has 2 amide bonds. The summed E-state index contributed by atoms with van der Waals surface area (Å²) >= 11 is 6.01. The van der Waals surface area contributed by atoms with E-state index >= 15 is 0 Å². The molecular weight excluding hydrogens is 448 g/mol. The molecule has 3 N–H and O–H groups in total. The maximum atomic E-state index is 12.4. The molecule has 0 saturated carbocycles. The lowest BCUT2D eigenvalue weighted by Crippen LogP contribution is -2.42. The minimum atomic E-state index is -1.19. The highest BCUT2D eigenvalue weighted by atomic mass is 35.5. The SMILES string of the molecule is COc1ccc(NC(=O)Oc2ccc(C[C@H](NC(=O)c3ccccc3Cl)C(=O)O)cc2)cc1. The summed E-state index contributed by atoms with van der Waals surface area (Å²) in [5, 5.41) is 14.8. The molecule has 0 aromatic heterocycles. The number of aliphatic carboxylic acids is 1. The largest absolute Gasteiger partial charge is 0.497 e. The molecule has 9 heteroatoms. The average molecular weight is 469 g/mol. The van der Waals surface area contributed by atoms with E-state index in [1.54, 1.807) is 61.7 Å². The second-order valence-corrected chi connectivity index (χ2v) is 7.34. The van der Waals surface area contributed by atoms with E-state index in [0.717, 1.165) is 0 Å². The Hall–Kier alpha value is -4.04. The molecule has 8 nitrogen and oxygen atoms in total. The van der Waals surface area contributed by atoms with Crippen molar-refractivity contribution in [1.82, 2.24) is 5.32 Å². The van der Waals surface area contributed by atoms with Gasteiger partial charge in [-0.2, -0.15) is 0 Å². The number of carbonyl (C=O) groups excluding carboxylic acids is 2. The molecule has 0 bridgehead atoms. The van der Waals surface area contributed by atoms with Crippen molar-refractivity contribution in [3.8, 4) is 11.5 Å². The molecule has 0 fully saturated rings. The molecule has 0 saturated heterocycles. The molecule has 0 heterocycles. The monoisotopic (exact) mass is 468 g/mol. The number of ether oxygens (including phenoxy) is 2. The standard InChI is InChI=1S/C24H21ClN2O6/c1-32-17-12-8-16(9-13-17)26-24(31)33-18-10-6-15(7-11-18)14-21(23(29)30)27-22(28)19-4-2-3-5-20(19)25/h2-13,21H,14H2,1H3,(H,26,31)(H,27,28)(H,29,30)/t21-/m0/s1. The summed E-state index contributed by atoms with van der Waals surface area (Å²) in [5.74, 6) is -0.832. The molecule has 0 aliphatic rings. The second kappa shape index (κ2) is 11.0. The van der Waals surface area contributed by atoms with Gasteiger partial charge in [0.1, 0.15) is 17.5 Å². The van der Waals surface area contributed by atoms with Gasteiger partial charge in [-0.3, -0.25) is 10.1 Å². The van der Waals surface area contributed by atoms with Crippen LogP contribution in [0.3, 0.4) is 0 Å². The Morgan fingerprint density at radius 3 is 2.18 bits per heavy atom. The summed E-state index contributed by atoms with van der Waals surface area (Å²) < 4.78 is 10.3. The van der Waals surface area contributed by atoms with Crippen LogP contribution in [-0.4, -0.2) is 36.2 Å². The highest BCUT2D eigenvalue weighted by Crippen LogP contribution is 2.18. The van der Waals surface area contributed by atoms with Crippen molar-refractivity contribution in [2.24, 2.45) is 0 Å². The molecule has 1 atom stereocenters. The van der Waals surface area contributed by atoms with Gasteiger partial charge in [0.2, 0.25) is 0 Å². The lowest BCUT2D eigenvalue weighted by molar-refractivity contribution is -0.139. The molecule has 0 unspecified atom stereocenters. The van der Waals surface area contributed by atoms with Crippen molar-refractivity contribution < 1.29 is 29.0 Å². The number of nitrogens with one attached hydrogen (secondary N) is 2. The van der Waals surface area contributed by atoms with Crippen LogP contribution < -0.4 is 20.1 Å². The third-order valence-electron chi connectivity index (χ3n) is 4.63. The number of hydrogen-bond acceptors (Lipinski definition) is 5. The zero-order valence-corrected chi connectivity index (χ0v) is 18.3. The topological polar surface area (TPSA) is 114 Å². The summed E-state index contributed by atoms with van der Waals surface area (Å²) in [6.07, 6.45) is -0.646. The lowest BCUT2D eigenvalue weighted by atomic mass is 10.1. The van der Waals surface area contributed by atoms with Crippen molar-refractivity contribution in [3.63, 3.8) is 0 Å². The van der Waals surface area contributed by atoms with Crippen molar-refractivity contribution in [2.75, 3.05) is 12.4 Å². The lowest BCUT2D eigenvalue weighted by Gasteiger charge is -2.15. The molecule has 0 spiro atoms. The Bertz CT molecular complexity index is 1130. The number of carboxylic acid groups (broad SMARTS) is 1. The van der Waals surface area contributed by atoms with Gasteiger partial charge >= 0.3 is 12.1 Å². The van der Waals surface area contributed by atoms with Crippen LogP contribution in [0.2, 0.25) is 5.02 Å². The van der Waals surface area contributed by atoms with E-state index in [-0.39, 0.29) is 22.8 Å². The fourth-order valence-electron chi connectivity index (χ4n) is 2.94. The Morgan fingerprint density at radius 1 is 0.939 bits per heavy atom. The van der Waals surface area contributed by atoms with Crippen LogP contribution in [0.5, 0.6) is 11.5 Å². The normalized spacial score (nSPS) is 11.2. The fraction of sp³-hybridized carbons (Fsp3) is 0.125. The Labute approximate surface area is 195 Å². The number of halogens is 1. The van der Waals surface area contributed by atoms with Gasteiger partial charge in [-0.05, 0) is 54.1 Å². The first-order valence-electron chi connectivity index (χ1n) is 9.85. The van der Waals surface area contributed by atoms with Crippen LogP contribution in [0.1, 0.15) is 15.9 Å². The molecule has 3 aromatic rings. The minimum absolute atomic E-state index is 0.0316. The van der Waals surface area contributed by atoms with Crippen LogP contribution in [0.4, 0.5) is 10.5 Å². The number of carboxylic acids is 1. The summed E-state index contributed by atoms with van der Waals surface area (Å²) in [6.45, 7) is 0. The molecule has 170 valence electrons. The second-order valence-electron chi connectivity index (χ2n) is 6.94. The highest BCUT2D eigenvalue weighted by molar-refractivity contribution is 6.33. The van der Waals surface area contributed by atoms with E-state index in [2.05, 4.69) is 10.6 Å². The smallest absolute Gasteiger partial charge is 0.417 e. The van der Waals surface area contributed by atoms with Crippen LogP contribution in [-0.2, 0) is 11.2 Å². The number of carbonyl (C=O) groups is 3. The number of rotatable bonds is 8. The van der Waals surface area contributed by atoms with Crippen LogP contribution in [0.25, 0.3) is 0 Å². The van der Waals surface area contributed by atoms with E-state index in [9.17, 15) is 19.5 Å². The van der Waals surface area contributed by atoms with Gasteiger partial charge < -0.3 is 19.9 Å². The number of hydrogen-bond donors (Lipinski definition) is 3. The third kappa shape index (κ3) is 6.72. The van der Waals surface area contributed by atoms with E-state index in [0.29, 0.717) is 17.0 Å². The average Bonchev–Trinajstić information content (AvgIpc) is 2.80. The molecule has 0 aliphatic heterocycles. The van der Waals surface area contributed by atoms with E-state index in [1.165, 1.54) is 18.2 Å². The Balaban J connectivity index is 1.58. The zero-order chi connectivity index (χ0) is 23.8. The van der Waals surface area contributed by atoms with Gasteiger partial charge in [0.25, 0.3) is 5.91 Å².